The summed E-state index contributed by atoms with van der Waals surface area (Å²) in [5.41, 5.74) is 1.13. The first-order chi connectivity index (χ1) is 11.2. The summed E-state index contributed by atoms with van der Waals surface area (Å²) in [5, 5.41) is 9.86. The number of piperidine rings is 1. The van der Waals surface area contributed by atoms with Gasteiger partial charge in [0, 0.05) is 13.1 Å². The fourth-order valence-corrected chi connectivity index (χ4v) is 3.40. The van der Waals surface area contributed by atoms with E-state index in [9.17, 15) is 9.90 Å². The molecule has 2 aromatic carbocycles. The van der Waals surface area contributed by atoms with E-state index >= 15 is 0 Å². The summed E-state index contributed by atoms with van der Waals surface area (Å²) in [6, 6.07) is 17.5. The van der Waals surface area contributed by atoms with E-state index in [1.807, 2.05) is 54.6 Å². The van der Waals surface area contributed by atoms with Gasteiger partial charge in [0.1, 0.15) is 5.75 Å². The number of para-hydroxylation sites is 2. The monoisotopic (exact) mass is 311 g/mol. The van der Waals surface area contributed by atoms with Crippen molar-refractivity contribution in [3.05, 3.63) is 60.2 Å². The number of carboxylic acid groups (broad SMARTS) is 1. The van der Waals surface area contributed by atoms with Gasteiger partial charge in [-0.1, -0.05) is 42.5 Å². The molecule has 0 bridgehead atoms. The van der Waals surface area contributed by atoms with E-state index in [0.717, 1.165) is 17.0 Å². The third-order valence-electron chi connectivity index (χ3n) is 4.78. The lowest BCUT2D eigenvalue weighted by Gasteiger charge is -2.40. The molecule has 0 atom stereocenters. The molecule has 1 aliphatic rings. The predicted octanol–water partition coefficient (Wildman–Crippen LogP) is 3.32. The molecule has 1 fully saturated rings. The molecule has 0 unspecified atom stereocenters. The van der Waals surface area contributed by atoms with Gasteiger partial charge < -0.3 is 14.7 Å². The highest BCUT2D eigenvalue weighted by molar-refractivity contribution is 5.82. The average molecular weight is 311 g/mol. The van der Waals surface area contributed by atoms with Crippen molar-refractivity contribution >= 4 is 11.7 Å². The third kappa shape index (κ3) is 2.77. The zero-order valence-electron chi connectivity index (χ0n) is 13.2. The molecule has 4 nitrogen and oxygen atoms in total. The number of hydrogen-bond acceptors (Lipinski definition) is 3. The normalized spacial score (nSPS) is 16.8. The number of hydrogen-bond donors (Lipinski definition) is 1. The molecule has 1 N–H and O–H groups in total. The topological polar surface area (TPSA) is 49.8 Å². The van der Waals surface area contributed by atoms with Gasteiger partial charge in [-0.3, -0.25) is 4.79 Å². The van der Waals surface area contributed by atoms with Crippen LogP contribution in [0.25, 0.3) is 0 Å². The standard InChI is InChI=1S/C19H21NO3/c1-23-17-10-6-5-9-16(17)20-13-11-19(12-14-20,18(21)22)15-7-3-2-4-8-15/h2-10H,11-14H2,1H3,(H,21,22). The molecule has 1 saturated heterocycles. The van der Waals surface area contributed by atoms with Crippen molar-refractivity contribution in [1.29, 1.82) is 0 Å². The van der Waals surface area contributed by atoms with E-state index in [1.54, 1.807) is 7.11 Å². The van der Waals surface area contributed by atoms with Gasteiger partial charge in [-0.25, -0.2) is 0 Å². The van der Waals surface area contributed by atoms with Crippen LogP contribution in [0, 0.1) is 0 Å². The molecule has 2 aromatic rings. The highest BCUT2D eigenvalue weighted by Gasteiger charge is 2.43. The smallest absolute Gasteiger partial charge is 0.314 e. The molecular weight excluding hydrogens is 290 g/mol. The Morgan fingerprint density at radius 1 is 1.04 bits per heavy atom. The molecule has 0 spiro atoms. The maximum Gasteiger partial charge on any atom is 0.314 e. The van der Waals surface area contributed by atoms with Gasteiger partial charge in [-0.15, -0.1) is 0 Å². The summed E-state index contributed by atoms with van der Waals surface area (Å²) in [6.45, 7) is 1.39. The molecule has 120 valence electrons. The Hall–Kier alpha value is -2.49. The minimum absolute atomic E-state index is 0.588. The van der Waals surface area contributed by atoms with E-state index in [2.05, 4.69) is 4.90 Å². The quantitative estimate of drug-likeness (QED) is 0.941. The van der Waals surface area contributed by atoms with Gasteiger partial charge >= 0.3 is 5.97 Å². The van der Waals surface area contributed by atoms with Gasteiger partial charge in [0.25, 0.3) is 0 Å². The minimum Gasteiger partial charge on any atom is -0.495 e. The van der Waals surface area contributed by atoms with Crippen LogP contribution in [0.3, 0.4) is 0 Å². The Labute approximate surface area is 136 Å². The van der Waals surface area contributed by atoms with E-state index in [1.165, 1.54) is 0 Å². The summed E-state index contributed by atoms with van der Waals surface area (Å²) >= 11 is 0. The predicted molar refractivity (Wildman–Crippen MR) is 90.2 cm³/mol. The Morgan fingerprint density at radius 2 is 1.65 bits per heavy atom. The van der Waals surface area contributed by atoms with E-state index in [4.69, 9.17) is 4.74 Å². The first-order valence-electron chi connectivity index (χ1n) is 7.84. The highest BCUT2D eigenvalue weighted by atomic mass is 16.5. The van der Waals surface area contributed by atoms with Gasteiger partial charge in [-0.05, 0) is 30.5 Å². The molecular formula is C19H21NO3. The van der Waals surface area contributed by atoms with Crippen LogP contribution in [0.5, 0.6) is 5.75 Å². The van der Waals surface area contributed by atoms with Crippen LogP contribution in [0.2, 0.25) is 0 Å². The van der Waals surface area contributed by atoms with Crippen LogP contribution < -0.4 is 9.64 Å². The SMILES string of the molecule is COc1ccccc1N1CCC(C(=O)O)(c2ccccc2)CC1. The van der Waals surface area contributed by atoms with Gasteiger partial charge in [-0.2, -0.15) is 0 Å². The molecule has 1 aliphatic heterocycles. The van der Waals surface area contributed by atoms with Gasteiger partial charge in [0.15, 0.2) is 0 Å². The Bertz CT molecular complexity index is 676. The number of aliphatic carboxylic acids is 1. The lowest BCUT2D eigenvalue weighted by atomic mass is 9.72. The molecule has 0 amide bonds. The molecule has 0 aliphatic carbocycles. The molecule has 0 saturated carbocycles. The van der Waals surface area contributed by atoms with Crippen molar-refractivity contribution in [3.8, 4) is 5.75 Å². The van der Waals surface area contributed by atoms with E-state index in [-0.39, 0.29) is 0 Å². The number of rotatable bonds is 4. The van der Waals surface area contributed by atoms with E-state index < -0.39 is 11.4 Å². The van der Waals surface area contributed by atoms with Crippen molar-refractivity contribution in [2.24, 2.45) is 0 Å². The second kappa shape index (κ2) is 6.32. The summed E-state index contributed by atoms with van der Waals surface area (Å²) in [7, 11) is 1.66. The van der Waals surface area contributed by atoms with Crippen molar-refractivity contribution in [2.75, 3.05) is 25.1 Å². The summed E-state index contributed by atoms with van der Waals surface area (Å²) in [6.07, 6.45) is 1.18. The number of nitrogens with zero attached hydrogens (tertiary/aromatic N) is 1. The van der Waals surface area contributed by atoms with Crippen LogP contribution in [-0.4, -0.2) is 31.3 Å². The molecule has 1 heterocycles. The number of benzene rings is 2. The zero-order valence-corrected chi connectivity index (χ0v) is 13.2. The second-order valence-electron chi connectivity index (χ2n) is 5.91. The number of methoxy groups -OCH3 is 1. The number of carboxylic acids is 1. The number of ether oxygens (including phenoxy) is 1. The van der Waals surface area contributed by atoms with Gasteiger partial charge in [0.05, 0.1) is 18.2 Å². The van der Waals surface area contributed by atoms with Crippen molar-refractivity contribution in [1.82, 2.24) is 0 Å². The van der Waals surface area contributed by atoms with E-state index in [0.29, 0.717) is 25.9 Å². The van der Waals surface area contributed by atoms with Crippen LogP contribution in [0.15, 0.2) is 54.6 Å². The van der Waals surface area contributed by atoms with Gasteiger partial charge in [0.2, 0.25) is 0 Å². The zero-order chi connectivity index (χ0) is 16.3. The summed E-state index contributed by atoms with van der Waals surface area (Å²) < 4.78 is 5.42. The average Bonchev–Trinajstić information content (AvgIpc) is 2.62. The molecule has 3 rings (SSSR count). The first kappa shape index (κ1) is 15.4. The second-order valence-corrected chi connectivity index (χ2v) is 5.91. The lowest BCUT2D eigenvalue weighted by Crippen LogP contribution is -2.47. The minimum atomic E-state index is -0.792. The largest absolute Gasteiger partial charge is 0.495 e. The maximum absolute atomic E-state index is 12.0. The number of anilines is 1. The molecule has 0 radical (unpaired) electrons. The Balaban J connectivity index is 1.85. The van der Waals surface area contributed by atoms with Crippen molar-refractivity contribution in [3.63, 3.8) is 0 Å². The maximum atomic E-state index is 12.0. The fourth-order valence-electron chi connectivity index (χ4n) is 3.40. The molecule has 4 heteroatoms. The lowest BCUT2D eigenvalue weighted by molar-refractivity contribution is -0.144. The summed E-state index contributed by atoms with van der Waals surface area (Å²) in [4.78, 5) is 14.2. The first-order valence-corrected chi connectivity index (χ1v) is 7.84. The van der Waals surface area contributed by atoms with Crippen molar-refractivity contribution in [2.45, 2.75) is 18.3 Å². The van der Waals surface area contributed by atoms with Crippen molar-refractivity contribution < 1.29 is 14.6 Å². The van der Waals surface area contributed by atoms with Crippen LogP contribution in [0.1, 0.15) is 18.4 Å². The van der Waals surface area contributed by atoms with Crippen LogP contribution >= 0.6 is 0 Å². The Morgan fingerprint density at radius 3 is 2.26 bits per heavy atom. The molecule has 0 aromatic heterocycles. The fraction of sp³-hybridized carbons (Fsp3) is 0.316. The molecule has 23 heavy (non-hydrogen) atoms. The Kier molecular flexibility index (Phi) is 4.24. The summed E-state index contributed by atoms with van der Waals surface area (Å²) in [5.74, 6) is 0.0958. The van der Waals surface area contributed by atoms with Crippen LogP contribution in [0.4, 0.5) is 5.69 Å². The third-order valence-corrected chi connectivity index (χ3v) is 4.78. The number of carbonyl (C=O) groups is 1. The highest BCUT2D eigenvalue weighted by Crippen LogP contribution is 2.39. The van der Waals surface area contributed by atoms with Crippen LogP contribution in [-0.2, 0) is 10.2 Å².